The van der Waals surface area contributed by atoms with E-state index in [9.17, 15) is 14.4 Å². The third-order valence-electron chi connectivity index (χ3n) is 2.76. The molecular formula is C11H18N2O5S. The molecule has 2 amide bonds. The van der Waals surface area contributed by atoms with Gasteiger partial charge in [-0.05, 0) is 6.42 Å². The number of urea groups is 1. The Bertz CT molecular complexity index is 344. The van der Waals surface area contributed by atoms with E-state index in [2.05, 4.69) is 10.1 Å². The second kappa shape index (κ2) is 7.88. The molecule has 1 aliphatic heterocycles. The van der Waals surface area contributed by atoms with Crippen molar-refractivity contribution in [1.82, 2.24) is 10.2 Å². The Morgan fingerprint density at radius 1 is 1.37 bits per heavy atom. The van der Waals surface area contributed by atoms with E-state index in [1.54, 1.807) is 16.7 Å². The van der Waals surface area contributed by atoms with Crippen LogP contribution in [0.25, 0.3) is 0 Å². The molecule has 1 aliphatic rings. The van der Waals surface area contributed by atoms with Gasteiger partial charge in [0.15, 0.2) is 0 Å². The van der Waals surface area contributed by atoms with E-state index in [4.69, 9.17) is 5.11 Å². The number of rotatable bonds is 5. The molecule has 1 saturated heterocycles. The van der Waals surface area contributed by atoms with Gasteiger partial charge >= 0.3 is 18.0 Å². The maximum atomic E-state index is 11.9. The summed E-state index contributed by atoms with van der Waals surface area (Å²) in [5.41, 5.74) is 0. The highest BCUT2D eigenvalue weighted by Gasteiger charge is 2.24. The number of carbonyl (C=O) groups excluding carboxylic acids is 2. The predicted octanol–water partition coefficient (Wildman–Crippen LogP) is 0.151. The highest BCUT2D eigenvalue weighted by molar-refractivity contribution is 7.99. The number of thioether (sulfide) groups is 1. The van der Waals surface area contributed by atoms with E-state index in [1.165, 1.54) is 7.11 Å². The summed E-state index contributed by atoms with van der Waals surface area (Å²) >= 11 is 1.76. The fourth-order valence-corrected chi connectivity index (χ4v) is 2.53. The number of hydrogen-bond donors (Lipinski definition) is 2. The van der Waals surface area contributed by atoms with Gasteiger partial charge in [-0.3, -0.25) is 4.79 Å². The molecule has 0 aliphatic carbocycles. The van der Waals surface area contributed by atoms with Crippen LogP contribution in [0.2, 0.25) is 0 Å². The summed E-state index contributed by atoms with van der Waals surface area (Å²) in [7, 11) is 1.24. The number of nitrogens with zero attached hydrogens (tertiary/aromatic N) is 1. The quantitative estimate of drug-likeness (QED) is 0.700. The van der Waals surface area contributed by atoms with Crippen molar-refractivity contribution in [1.29, 1.82) is 0 Å². The van der Waals surface area contributed by atoms with Crippen LogP contribution in [0.15, 0.2) is 0 Å². The number of carbonyl (C=O) groups is 3. The summed E-state index contributed by atoms with van der Waals surface area (Å²) in [5, 5.41) is 11.5. The zero-order chi connectivity index (χ0) is 14.3. The summed E-state index contributed by atoms with van der Waals surface area (Å²) in [5.74, 6) is 0.0687. The summed E-state index contributed by atoms with van der Waals surface area (Å²) in [6.07, 6.45) is -0.0140. The Kier molecular flexibility index (Phi) is 6.48. The molecule has 0 unspecified atom stereocenters. The topological polar surface area (TPSA) is 95.9 Å². The van der Waals surface area contributed by atoms with Gasteiger partial charge in [-0.25, -0.2) is 9.59 Å². The van der Waals surface area contributed by atoms with E-state index >= 15 is 0 Å². The van der Waals surface area contributed by atoms with Crippen LogP contribution in [0.5, 0.6) is 0 Å². The lowest BCUT2D eigenvalue weighted by atomic mass is 10.1. The van der Waals surface area contributed by atoms with Crippen LogP contribution in [0, 0.1) is 0 Å². The van der Waals surface area contributed by atoms with Crippen molar-refractivity contribution in [3.8, 4) is 0 Å². The highest BCUT2D eigenvalue weighted by Crippen LogP contribution is 2.09. The number of carboxylic acid groups (broad SMARTS) is 1. The van der Waals surface area contributed by atoms with E-state index in [0.29, 0.717) is 13.1 Å². The Morgan fingerprint density at radius 3 is 2.53 bits per heavy atom. The number of esters is 1. The molecule has 0 aromatic carbocycles. The monoisotopic (exact) mass is 290 g/mol. The summed E-state index contributed by atoms with van der Waals surface area (Å²) in [6, 6.07) is -1.46. The Labute approximate surface area is 115 Å². The molecule has 0 saturated carbocycles. The maximum absolute atomic E-state index is 11.9. The molecule has 108 valence electrons. The molecule has 7 nitrogen and oxygen atoms in total. The number of aliphatic carboxylic acids is 1. The smallest absolute Gasteiger partial charge is 0.326 e. The normalized spacial score (nSPS) is 16.6. The maximum Gasteiger partial charge on any atom is 0.326 e. The standard InChI is InChI=1S/C11H18N2O5S/c1-18-9(14)3-2-8(10(15)16)12-11(17)13-4-6-19-7-5-13/h8H,2-7H2,1H3,(H,12,17)(H,15,16)/t8-/m1/s1. The van der Waals surface area contributed by atoms with Crippen molar-refractivity contribution in [3.05, 3.63) is 0 Å². The molecule has 2 N–H and O–H groups in total. The first-order valence-corrected chi connectivity index (χ1v) is 7.13. The number of ether oxygens (including phenoxy) is 1. The highest BCUT2D eigenvalue weighted by atomic mass is 32.2. The number of nitrogens with one attached hydrogen (secondary N) is 1. The van der Waals surface area contributed by atoms with Gasteiger partial charge in [0, 0.05) is 31.0 Å². The largest absolute Gasteiger partial charge is 0.480 e. The van der Waals surface area contributed by atoms with E-state index < -0.39 is 24.0 Å². The minimum atomic E-state index is -1.15. The fourth-order valence-electron chi connectivity index (χ4n) is 1.63. The molecule has 0 radical (unpaired) electrons. The van der Waals surface area contributed by atoms with E-state index in [-0.39, 0.29) is 12.8 Å². The number of hydrogen-bond acceptors (Lipinski definition) is 5. The lowest BCUT2D eigenvalue weighted by molar-refractivity contribution is -0.142. The van der Waals surface area contributed by atoms with Gasteiger partial charge in [-0.15, -0.1) is 0 Å². The average molecular weight is 290 g/mol. The lowest BCUT2D eigenvalue weighted by Crippen LogP contribution is -2.50. The zero-order valence-corrected chi connectivity index (χ0v) is 11.6. The molecule has 19 heavy (non-hydrogen) atoms. The molecule has 8 heteroatoms. The molecule has 1 fully saturated rings. The molecule has 1 atom stereocenters. The second-order valence-electron chi connectivity index (χ2n) is 4.05. The van der Waals surface area contributed by atoms with Crippen molar-refractivity contribution in [3.63, 3.8) is 0 Å². The van der Waals surface area contributed by atoms with Crippen LogP contribution in [0.1, 0.15) is 12.8 Å². The number of amides is 2. The van der Waals surface area contributed by atoms with Crippen LogP contribution in [0.3, 0.4) is 0 Å². The van der Waals surface area contributed by atoms with Gasteiger partial charge in [0.2, 0.25) is 0 Å². The molecule has 1 heterocycles. The molecule has 0 spiro atoms. The molecule has 0 aromatic heterocycles. The van der Waals surface area contributed by atoms with Crippen molar-refractivity contribution in [2.45, 2.75) is 18.9 Å². The molecule has 0 aromatic rings. The number of carboxylic acids is 1. The first-order valence-electron chi connectivity index (χ1n) is 5.97. The lowest BCUT2D eigenvalue weighted by Gasteiger charge is -2.28. The van der Waals surface area contributed by atoms with Gasteiger partial charge < -0.3 is 20.1 Å². The van der Waals surface area contributed by atoms with Gasteiger partial charge in [0.25, 0.3) is 0 Å². The third kappa shape index (κ3) is 5.37. The third-order valence-corrected chi connectivity index (χ3v) is 3.70. The first kappa shape index (κ1) is 15.6. The predicted molar refractivity (Wildman–Crippen MR) is 70.1 cm³/mol. The van der Waals surface area contributed by atoms with Crippen LogP contribution >= 0.6 is 11.8 Å². The molecule has 1 rings (SSSR count). The van der Waals surface area contributed by atoms with Crippen molar-refractivity contribution in [2.75, 3.05) is 31.7 Å². The molecule has 0 bridgehead atoms. The Morgan fingerprint density at radius 2 is 2.00 bits per heavy atom. The Hall–Kier alpha value is -1.44. The minimum absolute atomic E-state index is 0.0241. The van der Waals surface area contributed by atoms with Crippen LogP contribution < -0.4 is 5.32 Å². The summed E-state index contributed by atoms with van der Waals surface area (Å²) in [4.78, 5) is 35.5. The second-order valence-corrected chi connectivity index (χ2v) is 5.28. The Balaban J connectivity index is 2.45. The number of methoxy groups -OCH3 is 1. The van der Waals surface area contributed by atoms with Gasteiger partial charge in [0.05, 0.1) is 7.11 Å². The van der Waals surface area contributed by atoms with Crippen molar-refractivity contribution in [2.24, 2.45) is 0 Å². The van der Waals surface area contributed by atoms with Gasteiger partial charge in [-0.2, -0.15) is 11.8 Å². The SMILES string of the molecule is COC(=O)CC[C@@H](NC(=O)N1CCSCC1)C(=O)O. The zero-order valence-electron chi connectivity index (χ0n) is 10.8. The summed E-state index contributed by atoms with van der Waals surface area (Å²) in [6.45, 7) is 1.22. The fraction of sp³-hybridized carbons (Fsp3) is 0.727. The van der Waals surface area contributed by atoms with Crippen molar-refractivity contribution < 1.29 is 24.2 Å². The van der Waals surface area contributed by atoms with Gasteiger partial charge in [-0.1, -0.05) is 0 Å². The van der Waals surface area contributed by atoms with Crippen LogP contribution in [-0.2, 0) is 14.3 Å². The first-order chi connectivity index (χ1) is 9.04. The van der Waals surface area contributed by atoms with Crippen LogP contribution in [-0.4, -0.2) is 65.7 Å². The molecular weight excluding hydrogens is 272 g/mol. The van der Waals surface area contributed by atoms with Crippen LogP contribution in [0.4, 0.5) is 4.79 Å². The van der Waals surface area contributed by atoms with Crippen molar-refractivity contribution >= 4 is 29.7 Å². The minimum Gasteiger partial charge on any atom is -0.480 e. The summed E-state index contributed by atoms with van der Waals surface area (Å²) < 4.78 is 4.44. The van der Waals surface area contributed by atoms with Gasteiger partial charge in [0.1, 0.15) is 6.04 Å². The average Bonchev–Trinajstić information content (AvgIpc) is 2.43. The van der Waals surface area contributed by atoms with E-state index in [0.717, 1.165) is 11.5 Å². The van der Waals surface area contributed by atoms with E-state index in [1.807, 2.05) is 0 Å².